The highest BCUT2D eigenvalue weighted by Crippen LogP contribution is 2.23. The van der Waals surface area contributed by atoms with Crippen molar-refractivity contribution in [3.63, 3.8) is 0 Å². The molecule has 0 aliphatic carbocycles. The molecule has 0 aliphatic rings. The van der Waals surface area contributed by atoms with Gasteiger partial charge in [-0.3, -0.25) is 4.68 Å². The van der Waals surface area contributed by atoms with Crippen molar-refractivity contribution < 1.29 is 4.74 Å². The van der Waals surface area contributed by atoms with E-state index in [4.69, 9.17) is 22.1 Å². The number of hydrogen-bond donors (Lipinski definition) is 1. The van der Waals surface area contributed by atoms with Crippen molar-refractivity contribution in [2.45, 2.75) is 33.2 Å². The summed E-state index contributed by atoms with van der Waals surface area (Å²) < 4.78 is 7.12. The van der Waals surface area contributed by atoms with Gasteiger partial charge in [-0.05, 0) is 44.9 Å². The van der Waals surface area contributed by atoms with Crippen LogP contribution in [-0.2, 0) is 11.3 Å². The summed E-state index contributed by atoms with van der Waals surface area (Å²) in [7, 11) is 1.69. The minimum Gasteiger partial charge on any atom is -0.380 e. The third-order valence-corrected chi connectivity index (χ3v) is 3.23. The van der Waals surface area contributed by atoms with Gasteiger partial charge in [-0.15, -0.1) is 0 Å². The second-order valence-electron chi connectivity index (χ2n) is 4.23. The topological polar surface area (TPSA) is 53.1 Å². The molecule has 0 saturated carbocycles. The van der Waals surface area contributed by atoms with E-state index >= 15 is 0 Å². The maximum atomic E-state index is 6.28. The molecular weight excluding hydrogens is 250 g/mol. The predicted molar refractivity (Wildman–Crippen MR) is 75.8 cm³/mol. The lowest BCUT2D eigenvalue weighted by atomic mass is 10.1. The molecule has 0 radical (unpaired) electrons. The summed E-state index contributed by atoms with van der Waals surface area (Å²) in [5, 5.41) is 5.12. The zero-order valence-corrected chi connectivity index (χ0v) is 12.1. The van der Waals surface area contributed by atoms with E-state index in [1.165, 1.54) is 5.57 Å². The van der Waals surface area contributed by atoms with Gasteiger partial charge in [-0.1, -0.05) is 11.6 Å². The molecule has 0 unspecified atom stereocenters. The van der Waals surface area contributed by atoms with Gasteiger partial charge in [0, 0.05) is 13.7 Å². The van der Waals surface area contributed by atoms with Gasteiger partial charge in [0.2, 0.25) is 0 Å². The highest BCUT2D eigenvalue weighted by Gasteiger charge is 2.11. The lowest BCUT2D eigenvalue weighted by Crippen LogP contribution is -2.04. The summed E-state index contributed by atoms with van der Waals surface area (Å²) in [4.78, 5) is 0. The van der Waals surface area contributed by atoms with E-state index in [1.54, 1.807) is 7.11 Å². The highest BCUT2D eigenvalue weighted by atomic mass is 35.5. The zero-order chi connectivity index (χ0) is 13.5. The molecule has 0 aliphatic heterocycles. The summed E-state index contributed by atoms with van der Waals surface area (Å²) >= 11 is 6.28. The van der Waals surface area contributed by atoms with Crippen LogP contribution in [0.15, 0.2) is 5.57 Å². The normalized spacial score (nSPS) is 12.2. The number of nitrogens with two attached hydrogens (primary N) is 1. The summed E-state index contributed by atoms with van der Waals surface area (Å²) in [6, 6.07) is 0. The van der Waals surface area contributed by atoms with Gasteiger partial charge in [0.1, 0.15) is 0 Å². The molecule has 18 heavy (non-hydrogen) atoms. The van der Waals surface area contributed by atoms with Crippen LogP contribution < -0.4 is 5.73 Å². The van der Waals surface area contributed by atoms with Gasteiger partial charge in [0.25, 0.3) is 0 Å². The fourth-order valence-corrected chi connectivity index (χ4v) is 2.04. The van der Waals surface area contributed by atoms with E-state index < -0.39 is 0 Å². The molecular formula is C13H22ClN3O. The van der Waals surface area contributed by atoms with Crippen molar-refractivity contribution in [1.29, 1.82) is 0 Å². The van der Waals surface area contributed by atoms with E-state index in [9.17, 15) is 0 Å². The Kier molecular flexibility index (Phi) is 6.39. The van der Waals surface area contributed by atoms with Gasteiger partial charge >= 0.3 is 0 Å². The van der Waals surface area contributed by atoms with Crippen LogP contribution >= 0.6 is 11.6 Å². The minimum absolute atomic E-state index is 0.601. The van der Waals surface area contributed by atoms with Crippen LogP contribution in [0.5, 0.6) is 0 Å². The zero-order valence-electron chi connectivity index (χ0n) is 11.4. The fraction of sp³-hybridized carbons (Fsp3) is 0.615. The summed E-state index contributed by atoms with van der Waals surface area (Å²) in [5.41, 5.74) is 8.56. The monoisotopic (exact) mass is 271 g/mol. The first-order valence-corrected chi connectivity index (χ1v) is 6.63. The average Bonchev–Trinajstić information content (AvgIpc) is 2.63. The molecule has 0 saturated heterocycles. The van der Waals surface area contributed by atoms with Crippen molar-refractivity contribution >= 4 is 17.7 Å². The molecule has 0 atom stereocenters. The van der Waals surface area contributed by atoms with Gasteiger partial charge in [-0.25, -0.2) is 0 Å². The number of ether oxygens (including phenoxy) is 1. The second kappa shape index (κ2) is 7.56. The molecule has 102 valence electrons. The SMILES string of the molecule is CCn1nc(C)c(Cl)c1/C=C(/CCCN)COC. The van der Waals surface area contributed by atoms with Gasteiger partial charge in [0.05, 0.1) is 23.0 Å². The van der Waals surface area contributed by atoms with E-state index in [1.807, 2.05) is 11.6 Å². The first-order valence-electron chi connectivity index (χ1n) is 6.25. The molecule has 1 heterocycles. The second-order valence-corrected chi connectivity index (χ2v) is 4.61. The summed E-state index contributed by atoms with van der Waals surface area (Å²) in [6.45, 7) is 6.05. The molecule has 1 rings (SSSR count). The molecule has 0 amide bonds. The van der Waals surface area contributed by atoms with Crippen molar-refractivity contribution in [2.75, 3.05) is 20.3 Å². The Hall–Kier alpha value is -0.840. The van der Waals surface area contributed by atoms with E-state index in [0.717, 1.165) is 35.8 Å². The van der Waals surface area contributed by atoms with Crippen LogP contribution in [0.1, 0.15) is 31.2 Å². The number of rotatable bonds is 7. The van der Waals surface area contributed by atoms with Crippen LogP contribution in [0.3, 0.4) is 0 Å². The highest BCUT2D eigenvalue weighted by molar-refractivity contribution is 6.32. The maximum Gasteiger partial charge on any atom is 0.0888 e. The number of hydrogen-bond acceptors (Lipinski definition) is 3. The van der Waals surface area contributed by atoms with Crippen LogP contribution in [0.2, 0.25) is 5.02 Å². The number of nitrogens with zero attached hydrogens (tertiary/aromatic N) is 2. The van der Waals surface area contributed by atoms with Crippen LogP contribution in [-0.4, -0.2) is 30.0 Å². The van der Waals surface area contributed by atoms with Gasteiger partial charge in [0.15, 0.2) is 0 Å². The number of aryl methyl sites for hydroxylation is 2. The average molecular weight is 272 g/mol. The van der Waals surface area contributed by atoms with Crippen LogP contribution in [0, 0.1) is 6.92 Å². The summed E-state index contributed by atoms with van der Waals surface area (Å²) in [5.74, 6) is 0. The van der Waals surface area contributed by atoms with E-state index in [0.29, 0.717) is 13.2 Å². The Morgan fingerprint density at radius 1 is 1.56 bits per heavy atom. The molecule has 0 fully saturated rings. The number of methoxy groups -OCH3 is 1. The van der Waals surface area contributed by atoms with E-state index in [2.05, 4.69) is 18.1 Å². The quantitative estimate of drug-likeness (QED) is 0.829. The van der Waals surface area contributed by atoms with Gasteiger partial charge < -0.3 is 10.5 Å². The maximum absolute atomic E-state index is 6.28. The number of aromatic nitrogens is 2. The molecule has 0 bridgehead atoms. The van der Waals surface area contributed by atoms with Crippen molar-refractivity contribution in [2.24, 2.45) is 5.73 Å². The molecule has 5 heteroatoms. The van der Waals surface area contributed by atoms with Crippen LogP contribution in [0.4, 0.5) is 0 Å². The molecule has 1 aromatic heterocycles. The van der Waals surface area contributed by atoms with Gasteiger partial charge in [-0.2, -0.15) is 5.10 Å². The Bertz CT molecular complexity index is 413. The fourth-order valence-electron chi connectivity index (χ4n) is 1.85. The first-order chi connectivity index (χ1) is 8.63. The molecule has 0 spiro atoms. The first kappa shape index (κ1) is 15.2. The molecule has 4 nitrogen and oxygen atoms in total. The van der Waals surface area contributed by atoms with Crippen molar-refractivity contribution in [1.82, 2.24) is 9.78 Å². The lowest BCUT2D eigenvalue weighted by molar-refractivity contribution is 0.223. The van der Waals surface area contributed by atoms with Crippen molar-refractivity contribution in [3.05, 3.63) is 22.0 Å². The molecule has 2 N–H and O–H groups in total. The Labute approximate surface area is 114 Å². The molecule has 0 aromatic carbocycles. The third-order valence-electron chi connectivity index (χ3n) is 2.76. The molecule has 1 aromatic rings. The number of halogens is 1. The Balaban J connectivity index is 3.01. The Morgan fingerprint density at radius 2 is 2.28 bits per heavy atom. The lowest BCUT2D eigenvalue weighted by Gasteiger charge is -2.07. The largest absolute Gasteiger partial charge is 0.380 e. The summed E-state index contributed by atoms with van der Waals surface area (Å²) in [6.07, 6.45) is 3.95. The third kappa shape index (κ3) is 3.83. The van der Waals surface area contributed by atoms with Crippen molar-refractivity contribution in [3.8, 4) is 0 Å². The van der Waals surface area contributed by atoms with Crippen LogP contribution in [0.25, 0.3) is 6.08 Å². The van der Waals surface area contributed by atoms with E-state index in [-0.39, 0.29) is 0 Å². The predicted octanol–water partition coefficient (Wildman–Crippen LogP) is 2.63. The smallest absolute Gasteiger partial charge is 0.0888 e. The standard InChI is InChI=1S/C13H22ClN3O/c1-4-17-12(13(14)10(2)16-17)8-11(9-18-3)6-5-7-15/h8H,4-7,9,15H2,1-3H3/b11-8-. The Morgan fingerprint density at radius 3 is 2.83 bits per heavy atom. The minimum atomic E-state index is 0.601.